The molecule has 0 fully saturated rings. The van der Waals surface area contributed by atoms with Gasteiger partial charge in [0.2, 0.25) is 11.9 Å². The number of esters is 1. The van der Waals surface area contributed by atoms with Crippen molar-refractivity contribution in [2.45, 2.75) is 77.4 Å². The van der Waals surface area contributed by atoms with Crippen molar-refractivity contribution < 1.29 is 23.9 Å². The van der Waals surface area contributed by atoms with E-state index in [0.717, 1.165) is 44.1 Å². The second-order valence-corrected chi connectivity index (χ2v) is 9.10. The lowest BCUT2D eigenvalue weighted by atomic mass is 10.0. The van der Waals surface area contributed by atoms with Gasteiger partial charge in [0.05, 0.1) is 0 Å². The summed E-state index contributed by atoms with van der Waals surface area (Å²) < 4.78 is 10.8. The standard InChI is InChI=1S/C26H37N3O5/c1-26(2)18-14-9-7-5-4-6-8-13-17-22(30)27-24(29(3)19-23(31)34-26)28-25(32)33-20-21-15-11-10-12-16-21/h9-12,14-16H,4-8,13,17-20H2,1-3H3,(H,27,28,30,32)/b14-9+. The number of nitrogens with one attached hydrogen (secondary N) is 1. The van der Waals surface area contributed by atoms with E-state index in [4.69, 9.17) is 9.47 Å². The van der Waals surface area contributed by atoms with Crippen LogP contribution in [0.2, 0.25) is 0 Å². The van der Waals surface area contributed by atoms with E-state index in [1.165, 1.54) is 4.90 Å². The molecule has 1 aromatic carbocycles. The molecular formula is C26H37N3O5. The molecule has 0 saturated heterocycles. The van der Waals surface area contributed by atoms with E-state index in [-0.39, 0.29) is 25.0 Å². The SMILES string of the molecule is CN1CC(=O)OC(C)(C)C/C=C/CCCCCCCC(=O)N/C1=N/C(=O)OCc1ccccc1. The van der Waals surface area contributed by atoms with E-state index in [0.29, 0.717) is 12.8 Å². The van der Waals surface area contributed by atoms with Crippen LogP contribution in [0.1, 0.15) is 70.8 Å². The van der Waals surface area contributed by atoms with E-state index in [1.807, 2.05) is 44.2 Å². The van der Waals surface area contributed by atoms with Crippen molar-refractivity contribution in [3.8, 4) is 0 Å². The average Bonchev–Trinajstić information content (AvgIpc) is 2.78. The largest absolute Gasteiger partial charge is 0.458 e. The van der Waals surface area contributed by atoms with Crippen LogP contribution in [0.25, 0.3) is 0 Å². The summed E-state index contributed by atoms with van der Waals surface area (Å²) in [6.45, 7) is 3.58. The van der Waals surface area contributed by atoms with E-state index < -0.39 is 17.7 Å². The number of guanidine groups is 1. The highest BCUT2D eigenvalue weighted by Crippen LogP contribution is 2.17. The fraction of sp³-hybridized carbons (Fsp3) is 0.538. The van der Waals surface area contributed by atoms with Crippen LogP contribution in [0.5, 0.6) is 0 Å². The van der Waals surface area contributed by atoms with Crippen LogP contribution in [0.4, 0.5) is 4.79 Å². The van der Waals surface area contributed by atoms with Gasteiger partial charge in [-0.25, -0.2) is 4.79 Å². The smallest absolute Gasteiger partial charge is 0.437 e. The van der Waals surface area contributed by atoms with Crippen molar-refractivity contribution in [3.63, 3.8) is 0 Å². The summed E-state index contributed by atoms with van der Waals surface area (Å²) in [5.41, 5.74) is 0.146. The topological polar surface area (TPSA) is 97.3 Å². The third-order valence-corrected chi connectivity index (χ3v) is 5.32. The molecule has 8 heteroatoms. The minimum Gasteiger partial charge on any atom is -0.458 e. The molecule has 0 bridgehead atoms. The maximum atomic E-state index is 12.6. The molecule has 8 nitrogen and oxygen atoms in total. The first-order valence-electron chi connectivity index (χ1n) is 11.9. The second kappa shape index (κ2) is 14.2. The number of allylic oxidation sites excluding steroid dienone is 1. The van der Waals surface area contributed by atoms with Crippen LogP contribution in [-0.4, -0.2) is 48.0 Å². The number of hydrogen-bond donors (Lipinski definition) is 1. The van der Waals surface area contributed by atoms with Crippen LogP contribution in [0.3, 0.4) is 0 Å². The van der Waals surface area contributed by atoms with Gasteiger partial charge in [-0.1, -0.05) is 61.7 Å². The van der Waals surface area contributed by atoms with Crippen LogP contribution in [0.15, 0.2) is 47.5 Å². The summed E-state index contributed by atoms with van der Waals surface area (Å²) in [5.74, 6) is -0.792. The predicted molar refractivity (Wildman–Crippen MR) is 131 cm³/mol. The fourth-order valence-corrected chi connectivity index (χ4v) is 3.45. The van der Waals surface area contributed by atoms with E-state index >= 15 is 0 Å². The van der Waals surface area contributed by atoms with Gasteiger partial charge in [-0.3, -0.25) is 14.9 Å². The number of carbonyl (C=O) groups excluding carboxylic acids is 3. The van der Waals surface area contributed by atoms with Gasteiger partial charge in [-0.15, -0.1) is 4.99 Å². The summed E-state index contributed by atoms with van der Waals surface area (Å²) in [7, 11) is 1.57. The van der Waals surface area contributed by atoms with Crippen molar-refractivity contribution in [2.24, 2.45) is 4.99 Å². The molecule has 1 N–H and O–H groups in total. The lowest BCUT2D eigenvalue weighted by molar-refractivity contribution is -0.156. The molecule has 186 valence electrons. The Balaban J connectivity index is 2.10. The number of ether oxygens (including phenoxy) is 2. The number of rotatable bonds is 2. The first kappa shape index (κ1) is 27.1. The number of benzene rings is 1. The van der Waals surface area contributed by atoms with Crippen LogP contribution in [-0.2, 0) is 25.7 Å². The molecule has 0 aromatic heterocycles. The number of nitrogens with zero attached hydrogens (tertiary/aromatic N) is 2. The molecule has 34 heavy (non-hydrogen) atoms. The minimum atomic E-state index is -0.855. The van der Waals surface area contributed by atoms with Gasteiger partial charge in [0.15, 0.2) is 0 Å². The second-order valence-electron chi connectivity index (χ2n) is 9.10. The molecule has 0 saturated carbocycles. The Morgan fingerprint density at radius 2 is 1.79 bits per heavy atom. The van der Waals surface area contributed by atoms with Crippen molar-refractivity contribution in [1.29, 1.82) is 0 Å². The average molecular weight is 472 g/mol. The molecule has 0 aliphatic carbocycles. The molecule has 2 amide bonds. The van der Waals surface area contributed by atoms with Gasteiger partial charge >= 0.3 is 12.1 Å². The Labute approximate surface area is 202 Å². The molecule has 2 rings (SSSR count). The molecule has 0 radical (unpaired) electrons. The first-order chi connectivity index (χ1) is 16.2. The van der Waals surface area contributed by atoms with Crippen molar-refractivity contribution in [3.05, 3.63) is 48.0 Å². The summed E-state index contributed by atoms with van der Waals surface area (Å²) in [6.07, 6.45) is 10.2. The maximum absolute atomic E-state index is 12.6. The third kappa shape index (κ3) is 11.1. The summed E-state index contributed by atoms with van der Waals surface area (Å²) in [6, 6.07) is 9.22. The summed E-state index contributed by atoms with van der Waals surface area (Å²) in [4.78, 5) is 42.7. The predicted octanol–water partition coefficient (Wildman–Crippen LogP) is 4.74. The van der Waals surface area contributed by atoms with E-state index in [1.54, 1.807) is 7.05 Å². The Bertz CT molecular complexity index is 864. The summed E-state index contributed by atoms with van der Waals surface area (Å²) in [5, 5.41) is 2.66. The lowest BCUT2D eigenvalue weighted by Crippen LogP contribution is -2.46. The maximum Gasteiger partial charge on any atom is 0.437 e. The van der Waals surface area contributed by atoms with Gasteiger partial charge in [-0.2, -0.15) is 0 Å². The van der Waals surface area contributed by atoms with Gasteiger partial charge in [0.25, 0.3) is 0 Å². The van der Waals surface area contributed by atoms with Crippen LogP contribution < -0.4 is 5.32 Å². The highest BCUT2D eigenvalue weighted by molar-refractivity contribution is 6.01. The minimum absolute atomic E-state index is 0.0427. The molecular weight excluding hydrogens is 434 g/mol. The normalized spacial score (nSPS) is 21.0. The number of hydrogen-bond acceptors (Lipinski definition) is 5. The Morgan fingerprint density at radius 3 is 2.56 bits per heavy atom. The lowest BCUT2D eigenvalue weighted by Gasteiger charge is -2.26. The Hall–Kier alpha value is -3.16. The zero-order chi connectivity index (χ0) is 24.8. The molecule has 0 spiro atoms. The number of aliphatic imine (C=N–C) groups is 1. The highest BCUT2D eigenvalue weighted by Gasteiger charge is 2.24. The van der Waals surface area contributed by atoms with E-state index in [9.17, 15) is 14.4 Å². The Kier molecular flexibility index (Phi) is 11.3. The quantitative estimate of drug-likeness (QED) is 0.494. The zero-order valence-corrected chi connectivity index (χ0v) is 20.5. The number of likely N-dealkylation sites (N-methyl/N-ethyl adjacent to an activating group) is 1. The first-order valence-corrected chi connectivity index (χ1v) is 11.9. The van der Waals surface area contributed by atoms with Gasteiger partial charge < -0.3 is 14.4 Å². The Morgan fingerprint density at radius 1 is 1.09 bits per heavy atom. The molecule has 0 unspecified atom stereocenters. The van der Waals surface area contributed by atoms with Crippen LogP contribution >= 0.6 is 0 Å². The zero-order valence-electron chi connectivity index (χ0n) is 20.5. The van der Waals surface area contributed by atoms with Crippen molar-refractivity contribution in [1.82, 2.24) is 10.2 Å². The number of cyclic esters (lactones) is 1. The monoisotopic (exact) mass is 471 g/mol. The molecule has 1 aromatic rings. The van der Waals surface area contributed by atoms with Gasteiger partial charge in [0.1, 0.15) is 18.8 Å². The van der Waals surface area contributed by atoms with Crippen LogP contribution in [0, 0.1) is 0 Å². The molecule has 1 aliphatic heterocycles. The number of amides is 2. The fourth-order valence-electron chi connectivity index (χ4n) is 3.45. The highest BCUT2D eigenvalue weighted by atomic mass is 16.6. The van der Waals surface area contributed by atoms with Crippen molar-refractivity contribution in [2.75, 3.05) is 13.6 Å². The third-order valence-electron chi connectivity index (χ3n) is 5.32. The molecule has 0 atom stereocenters. The van der Waals surface area contributed by atoms with Crippen molar-refractivity contribution >= 4 is 23.9 Å². The van der Waals surface area contributed by atoms with Gasteiger partial charge in [-0.05, 0) is 38.7 Å². The van der Waals surface area contributed by atoms with E-state index in [2.05, 4.69) is 22.5 Å². The van der Waals surface area contributed by atoms with Gasteiger partial charge in [0, 0.05) is 19.9 Å². The summed E-state index contributed by atoms with van der Waals surface area (Å²) >= 11 is 0. The molecule has 1 aliphatic rings. The number of carbonyl (C=O) groups is 3. The molecule has 1 heterocycles.